The summed E-state index contributed by atoms with van der Waals surface area (Å²) in [6.07, 6.45) is 2.05. The molecule has 1 rings (SSSR count). The zero-order valence-electron chi connectivity index (χ0n) is 6.37. The molecule has 0 heterocycles. The van der Waals surface area contributed by atoms with Crippen molar-refractivity contribution < 1.29 is 0 Å². The fourth-order valence-corrected chi connectivity index (χ4v) is 1.23. The summed E-state index contributed by atoms with van der Waals surface area (Å²) in [5.74, 6) is 0. The lowest BCUT2D eigenvalue weighted by Gasteiger charge is -1.94. The van der Waals surface area contributed by atoms with Crippen LogP contribution >= 0.6 is 11.8 Å². The third-order valence-electron chi connectivity index (χ3n) is 1.42. The first-order valence-corrected chi connectivity index (χ1v) is 4.55. The number of thioether (sulfide) groups is 1. The van der Waals surface area contributed by atoms with Crippen molar-refractivity contribution in [3.05, 3.63) is 41.2 Å². The van der Waals surface area contributed by atoms with E-state index in [2.05, 4.69) is 4.85 Å². The van der Waals surface area contributed by atoms with Gasteiger partial charge in [0, 0.05) is 10.5 Å². The van der Waals surface area contributed by atoms with Gasteiger partial charge in [-0.3, -0.25) is 0 Å². The topological polar surface area (TPSA) is 4.36 Å². The van der Waals surface area contributed by atoms with E-state index in [1.54, 1.807) is 11.8 Å². The SMILES string of the molecule is [C-]#[N+]Cc1ccc(SC)cc1. The van der Waals surface area contributed by atoms with Crippen LogP contribution in [0.5, 0.6) is 0 Å². The minimum Gasteiger partial charge on any atom is -0.312 e. The van der Waals surface area contributed by atoms with Gasteiger partial charge in [0.05, 0.1) is 0 Å². The lowest BCUT2D eigenvalue weighted by molar-refractivity contribution is 1.24. The average Bonchev–Trinajstić information content (AvgIpc) is 2.07. The maximum absolute atomic E-state index is 6.66. The number of benzene rings is 1. The molecule has 1 nitrogen and oxygen atoms in total. The summed E-state index contributed by atoms with van der Waals surface area (Å²) < 4.78 is 0. The molecule has 0 aliphatic rings. The van der Waals surface area contributed by atoms with E-state index in [1.165, 1.54) is 4.90 Å². The second-order valence-electron chi connectivity index (χ2n) is 2.16. The highest BCUT2D eigenvalue weighted by Crippen LogP contribution is 2.14. The van der Waals surface area contributed by atoms with Crippen LogP contribution in [-0.4, -0.2) is 6.26 Å². The van der Waals surface area contributed by atoms with Gasteiger partial charge < -0.3 is 4.85 Å². The largest absolute Gasteiger partial charge is 0.312 e. The summed E-state index contributed by atoms with van der Waals surface area (Å²) in [5, 5.41) is 0. The maximum atomic E-state index is 6.66. The summed E-state index contributed by atoms with van der Waals surface area (Å²) in [5.41, 5.74) is 1.10. The number of hydrogen-bond acceptors (Lipinski definition) is 1. The van der Waals surface area contributed by atoms with Crippen molar-refractivity contribution >= 4 is 11.8 Å². The molecule has 56 valence electrons. The predicted molar refractivity (Wildman–Crippen MR) is 48.5 cm³/mol. The monoisotopic (exact) mass is 163 g/mol. The Bertz CT molecular complexity index is 258. The molecule has 11 heavy (non-hydrogen) atoms. The van der Waals surface area contributed by atoms with Gasteiger partial charge in [0.2, 0.25) is 6.54 Å². The van der Waals surface area contributed by atoms with E-state index in [0.29, 0.717) is 6.54 Å². The van der Waals surface area contributed by atoms with Gasteiger partial charge in [-0.25, -0.2) is 6.57 Å². The van der Waals surface area contributed by atoms with Crippen molar-refractivity contribution in [3.63, 3.8) is 0 Å². The average molecular weight is 163 g/mol. The van der Waals surface area contributed by atoms with E-state index in [1.807, 2.05) is 30.5 Å². The van der Waals surface area contributed by atoms with Crippen molar-refractivity contribution in [2.24, 2.45) is 0 Å². The minimum absolute atomic E-state index is 0.495. The summed E-state index contributed by atoms with van der Waals surface area (Å²) in [6, 6.07) is 8.10. The van der Waals surface area contributed by atoms with Crippen molar-refractivity contribution in [2.75, 3.05) is 6.26 Å². The van der Waals surface area contributed by atoms with Gasteiger partial charge in [0.15, 0.2) is 0 Å². The fraction of sp³-hybridized carbons (Fsp3) is 0.222. The zero-order chi connectivity index (χ0) is 8.10. The second kappa shape index (κ2) is 4.05. The van der Waals surface area contributed by atoms with E-state index in [-0.39, 0.29) is 0 Å². The highest BCUT2D eigenvalue weighted by atomic mass is 32.2. The Hall–Kier alpha value is -0.940. The third kappa shape index (κ3) is 2.28. The molecule has 1 aromatic carbocycles. The molecule has 0 N–H and O–H groups in total. The number of hydrogen-bond donors (Lipinski definition) is 0. The Kier molecular flexibility index (Phi) is 3.00. The molecule has 0 aromatic heterocycles. The van der Waals surface area contributed by atoms with Gasteiger partial charge in [-0.2, -0.15) is 0 Å². The lowest BCUT2D eigenvalue weighted by Crippen LogP contribution is -1.77. The molecule has 0 amide bonds. The van der Waals surface area contributed by atoms with Crippen LogP contribution in [0, 0.1) is 6.57 Å². The molecule has 0 unspecified atom stereocenters. The van der Waals surface area contributed by atoms with E-state index in [0.717, 1.165) is 5.56 Å². The van der Waals surface area contributed by atoms with Crippen LogP contribution in [0.15, 0.2) is 29.2 Å². The van der Waals surface area contributed by atoms with Gasteiger partial charge >= 0.3 is 0 Å². The fourth-order valence-electron chi connectivity index (χ4n) is 0.822. The molecule has 0 bridgehead atoms. The summed E-state index contributed by atoms with van der Waals surface area (Å²) in [4.78, 5) is 4.55. The van der Waals surface area contributed by atoms with Crippen LogP contribution in [0.3, 0.4) is 0 Å². The van der Waals surface area contributed by atoms with Crippen LogP contribution in [0.25, 0.3) is 4.85 Å². The van der Waals surface area contributed by atoms with Gasteiger partial charge in [0.25, 0.3) is 0 Å². The van der Waals surface area contributed by atoms with Gasteiger partial charge in [-0.1, -0.05) is 12.1 Å². The lowest BCUT2D eigenvalue weighted by atomic mass is 10.2. The normalized spacial score (nSPS) is 9.09. The number of nitrogens with zero attached hydrogens (tertiary/aromatic N) is 1. The Morgan fingerprint density at radius 3 is 2.45 bits per heavy atom. The Labute approximate surface area is 71.3 Å². The molecule has 0 saturated heterocycles. The molecule has 0 aliphatic heterocycles. The summed E-state index contributed by atoms with van der Waals surface area (Å²) in [6.45, 7) is 7.15. The molecule has 0 radical (unpaired) electrons. The quantitative estimate of drug-likeness (QED) is 0.479. The first-order chi connectivity index (χ1) is 5.36. The van der Waals surface area contributed by atoms with E-state index in [9.17, 15) is 0 Å². The van der Waals surface area contributed by atoms with Crippen LogP contribution in [0.4, 0.5) is 0 Å². The van der Waals surface area contributed by atoms with E-state index in [4.69, 9.17) is 6.57 Å². The molecule has 2 heteroatoms. The van der Waals surface area contributed by atoms with Gasteiger partial charge in [-0.15, -0.1) is 11.8 Å². The second-order valence-corrected chi connectivity index (χ2v) is 3.04. The first-order valence-electron chi connectivity index (χ1n) is 3.33. The van der Waals surface area contributed by atoms with Crippen LogP contribution in [-0.2, 0) is 6.54 Å². The third-order valence-corrected chi connectivity index (χ3v) is 2.16. The zero-order valence-corrected chi connectivity index (χ0v) is 7.19. The number of rotatable bonds is 2. The van der Waals surface area contributed by atoms with Crippen molar-refractivity contribution in [2.45, 2.75) is 11.4 Å². The van der Waals surface area contributed by atoms with Crippen LogP contribution in [0.1, 0.15) is 5.56 Å². The smallest absolute Gasteiger partial charge is 0.239 e. The molecule has 0 saturated carbocycles. The highest BCUT2D eigenvalue weighted by molar-refractivity contribution is 7.98. The molecular formula is C9H9NS. The molecule has 0 spiro atoms. The predicted octanol–water partition coefficient (Wildman–Crippen LogP) is 2.83. The maximum Gasteiger partial charge on any atom is 0.239 e. The van der Waals surface area contributed by atoms with E-state index < -0.39 is 0 Å². The van der Waals surface area contributed by atoms with Crippen molar-refractivity contribution in [1.82, 2.24) is 0 Å². The molecule has 1 aromatic rings. The van der Waals surface area contributed by atoms with Crippen LogP contribution < -0.4 is 0 Å². The Morgan fingerprint density at radius 1 is 1.36 bits per heavy atom. The highest BCUT2D eigenvalue weighted by Gasteiger charge is 1.93. The van der Waals surface area contributed by atoms with Crippen molar-refractivity contribution in [3.8, 4) is 0 Å². The summed E-state index contributed by atoms with van der Waals surface area (Å²) >= 11 is 1.72. The van der Waals surface area contributed by atoms with Crippen LogP contribution in [0.2, 0.25) is 0 Å². The van der Waals surface area contributed by atoms with Gasteiger partial charge in [-0.05, 0) is 18.4 Å². The minimum atomic E-state index is 0.495. The Morgan fingerprint density at radius 2 is 2.00 bits per heavy atom. The molecule has 0 aliphatic carbocycles. The summed E-state index contributed by atoms with van der Waals surface area (Å²) in [7, 11) is 0. The van der Waals surface area contributed by atoms with Crippen molar-refractivity contribution in [1.29, 1.82) is 0 Å². The molecule has 0 atom stereocenters. The van der Waals surface area contributed by atoms with E-state index >= 15 is 0 Å². The molecular weight excluding hydrogens is 154 g/mol. The standard InChI is InChI=1S/C9H9NS/c1-10-7-8-3-5-9(11-2)6-4-8/h3-6H,7H2,2H3. The Balaban J connectivity index is 2.76. The molecule has 0 fully saturated rings. The first kappa shape index (κ1) is 8.16. The van der Waals surface area contributed by atoms with Gasteiger partial charge in [0.1, 0.15) is 0 Å².